The van der Waals surface area contributed by atoms with E-state index >= 15 is 0 Å². The van der Waals surface area contributed by atoms with E-state index in [0.717, 1.165) is 49.7 Å². The van der Waals surface area contributed by atoms with E-state index in [9.17, 15) is 9.59 Å². The second-order valence-corrected chi connectivity index (χ2v) is 13.0. The highest BCUT2D eigenvalue weighted by Gasteiger charge is 2.23. The first-order valence-corrected chi connectivity index (χ1v) is 17.6. The number of pyridine rings is 1. The van der Waals surface area contributed by atoms with E-state index in [0.29, 0.717) is 30.0 Å². The Balaban J connectivity index is 1.78. The van der Waals surface area contributed by atoms with Crippen LogP contribution in [0.1, 0.15) is 131 Å². The standard InChI is InChI=1S/C39H59N3O3/c1-8-11-16-34-28-36-29-35(39(44)41(30(4)5)26-27-45-31(6)7)21-25-42(36)37(34)38(43)33-19-17-32(18-20-33)15-14-24-40(22-12-9-2)23-13-10-3/h17-21,25,28-31H,8-16,22-24,26-27H2,1-7H3. The number of hydrogen-bond acceptors (Lipinski definition) is 4. The summed E-state index contributed by atoms with van der Waals surface area (Å²) in [5, 5.41) is 0. The van der Waals surface area contributed by atoms with Crippen molar-refractivity contribution >= 4 is 17.2 Å². The third kappa shape index (κ3) is 10.8. The first kappa shape index (κ1) is 36.5. The van der Waals surface area contributed by atoms with E-state index in [4.69, 9.17) is 4.74 Å². The molecule has 0 fully saturated rings. The Morgan fingerprint density at radius 3 is 2.00 bits per heavy atom. The maximum absolute atomic E-state index is 14.0. The van der Waals surface area contributed by atoms with E-state index in [2.05, 4.69) is 43.9 Å². The van der Waals surface area contributed by atoms with Crippen LogP contribution in [0, 0.1) is 0 Å². The second kappa shape index (κ2) is 18.9. The van der Waals surface area contributed by atoms with Crippen molar-refractivity contribution in [2.45, 2.75) is 118 Å². The molecule has 2 heterocycles. The lowest BCUT2D eigenvalue weighted by Crippen LogP contribution is -2.39. The Hall–Kier alpha value is -2.96. The summed E-state index contributed by atoms with van der Waals surface area (Å²) in [4.78, 5) is 32.0. The average molecular weight is 618 g/mol. The summed E-state index contributed by atoms with van der Waals surface area (Å²) in [7, 11) is 0. The quantitative estimate of drug-likeness (QED) is 0.112. The van der Waals surface area contributed by atoms with Crippen molar-refractivity contribution in [1.82, 2.24) is 14.2 Å². The topological polar surface area (TPSA) is 54.3 Å². The molecule has 0 bridgehead atoms. The molecule has 2 aromatic heterocycles. The predicted octanol–water partition coefficient (Wildman–Crippen LogP) is 8.62. The number of rotatable bonds is 21. The molecule has 6 nitrogen and oxygen atoms in total. The molecule has 0 spiro atoms. The van der Waals surface area contributed by atoms with Gasteiger partial charge < -0.3 is 18.9 Å². The molecule has 0 aliphatic rings. The summed E-state index contributed by atoms with van der Waals surface area (Å²) in [5.41, 5.74) is 5.25. The molecule has 0 saturated carbocycles. The summed E-state index contributed by atoms with van der Waals surface area (Å²) in [5.74, 6) is 0.0187. The van der Waals surface area contributed by atoms with Crippen molar-refractivity contribution in [2.75, 3.05) is 32.8 Å². The highest BCUT2D eigenvalue weighted by atomic mass is 16.5. The largest absolute Gasteiger partial charge is 0.377 e. The van der Waals surface area contributed by atoms with Gasteiger partial charge in [0.2, 0.25) is 5.78 Å². The van der Waals surface area contributed by atoms with Gasteiger partial charge in [-0.3, -0.25) is 9.59 Å². The number of unbranched alkanes of at least 4 members (excludes halogenated alkanes) is 3. The molecule has 0 N–H and O–H groups in total. The van der Waals surface area contributed by atoms with Crippen molar-refractivity contribution in [1.29, 1.82) is 0 Å². The van der Waals surface area contributed by atoms with Crippen LogP contribution in [0.2, 0.25) is 0 Å². The zero-order chi connectivity index (χ0) is 32.8. The van der Waals surface area contributed by atoms with Crippen LogP contribution < -0.4 is 0 Å². The highest BCUT2D eigenvalue weighted by molar-refractivity contribution is 6.10. The van der Waals surface area contributed by atoms with Crippen LogP contribution in [0.5, 0.6) is 0 Å². The van der Waals surface area contributed by atoms with Crippen molar-refractivity contribution in [3.05, 3.63) is 76.6 Å². The van der Waals surface area contributed by atoms with Crippen molar-refractivity contribution in [3.63, 3.8) is 0 Å². The smallest absolute Gasteiger partial charge is 0.254 e. The number of amides is 1. The maximum atomic E-state index is 14.0. The van der Waals surface area contributed by atoms with Gasteiger partial charge in [0.25, 0.3) is 5.91 Å². The van der Waals surface area contributed by atoms with E-state index < -0.39 is 0 Å². The summed E-state index contributed by atoms with van der Waals surface area (Å²) in [6, 6.07) is 14.2. The average Bonchev–Trinajstić information content (AvgIpc) is 3.40. The minimum absolute atomic E-state index is 0.0153. The number of aryl methyl sites for hydroxylation is 2. The molecule has 3 aromatic rings. The van der Waals surface area contributed by atoms with Gasteiger partial charge in [0, 0.05) is 35.4 Å². The van der Waals surface area contributed by atoms with E-state index in [1.54, 1.807) is 0 Å². The third-order valence-corrected chi connectivity index (χ3v) is 8.59. The van der Waals surface area contributed by atoms with E-state index in [1.165, 1.54) is 44.3 Å². The Bertz CT molecular complexity index is 1320. The van der Waals surface area contributed by atoms with Gasteiger partial charge >= 0.3 is 0 Å². The SMILES string of the molecule is CCCCc1cc2cc(C(=O)N(CCOC(C)C)C(C)C)ccn2c1C(=O)c1ccc(CCCN(CCCC)CCCC)cc1. The monoisotopic (exact) mass is 617 g/mol. The molecule has 1 amide bonds. The van der Waals surface area contributed by atoms with Crippen LogP contribution >= 0.6 is 0 Å². The Labute approximate surface area is 273 Å². The number of hydrogen-bond donors (Lipinski definition) is 0. The summed E-state index contributed by atoms with van der Waals surface area (Å²) in [6.45, 7) is 19.3. The van der Waals surface area contributed by atoms with Gasteiger partial charge in [0.1, 0.15) is 0 Å². The minimum atomic E-state index is -0.0153. The van der Waals surface area contributed by atoms with Gasteiger partial charge in [-0.1, -0.05) is 64.3 Å². The maximum Gasteiger partial charge on any atom is 0.254 e. The van der Waals surface area contributed by atoms with Crippen LogP contribution in [-0.2, 0) is 17.6 Å². The van der Waals surface area contributed by atoms with Crippen LogP contribution in [0.4, 0.5) is 0 Å². The van der Waals surface area contributed by atoms with Gasteiger partial charge in [-0.05, 0) is 115 Å². The number of carbonyl (C=O) groups is 2. The first-order valence-electron chi connectivity index (χ1n) is 17.6. The normalized spacial score (nSPS) is 11.8. The van der Waals surface area contributed by atoms with Gasteiger partial charge in [-0.25, -0.2) is 0 Å². The van der Waals surface area contributed by atoms with Gasteiger partial charge in [-0.15, -0.1) is 0 Å². The van der Waals surface area contributed by atoms with Crippen LogP contribution in [-0.4, -0.2) is 70.8 Å². The lowest BCUT2D eigenvalue weighted by molar-refractivity contribution is 0.0423. The zero-order valence-electron chi connectivity index (χ0n) is 29.2. The molecular formula is C39H59N3O3. The predicted molar refractivity (Wildman–Crippen MR) is 188 cm³/mol. The molecule has 45 heavy (non-hydrogen) atoms. The van der Waals surface area contributed by atoms with Crippen molar-refractivity contribution in [2.24, 2.45) is 0 Å². The van der Waals surface area contributed by atoms with Crippen LogP contribution in [0.3, 0.4) is 0 Å². The van der Waals surface area contributed by atoms with Gasteiger partial charge in [0.15, 0.2) is 0 Å². The number of ether oxygens (including phenoxy) is 1. The fraction of sp³-hybridized carbons (Fsp3) is 0.590. The fourth-order valence-electron chi connectivity index (χ4n) is 5.89. The molecule has 0 atom stereocenters. The molecule has 6 heteroatoms. The lowest BCUT2D eigenvalue weighted by atomic mass is 10.00. The molecule has 0 unspecified atom stereocenters. The summed E-state index contributed by atoms with van der Waals surface area (Å²) < 4.78 is 7.70. The minimum Gasteiger partial charge on any atom is -0.377 e. The number of benzene rings is 1. The van der Waals surface area contributed by atoms with E-state index in [1.807, 2.05) is 67.5 Å². The molecule has 3 rings (SSSR count). The van der Waals surface area contributed by atoms with Crippen LogP contribution in [0.15, 0.2) is 48.7 Å². The molecule has 0 radical (unpaired) electrons. The number of nitrogens with zero attached hydrogens (tertiary/aromatic N) is 3. The third-order valence-electron chi connectivity index (χ3n) is 8.59. The zero-order valence-corrected chi connectivity index (χ0v) is 29.2. The number of aromatic nitrogens is 1. The molecule has 0 saturated heterocycles. The Kier molecular flexibility index (Phi) is 15.3. The van der Waals surface area contributed by atoms with Gasteiger partial charge in [0.05, 0.1) is 18.4 Å². The van der Waals surface area contributed by atoms with E-state index in [-0.39, 0.29) is 23.8 Å². The first-order chi connectivity index (χ1) is 21.7. The second-order valence-electron chi connectivity index (χ2n) is 13.0. The lowest BCUT2D eigenvalue weighted by Gasteiger charge is -2.27. The molecule has 1 aromatic carbocycles. The number of fused-ring (bicyclic) bond motifs is 1. The highest BCUT2D eigenvalue weighted by Crippen LogP contribution is 2.24. The number of ketones is 1. The van der Waals surface area contributed by atoms with Gasteiger partial charge in [-0.2, -0.15) is 0 Å². The molecule has 0 aliphatic heterocycles. The number of carbonyl (C=O) groups excluding carboxylic acids is 2. The van der Waals surface area contributed by atoms with Crippen LogP contribution in [0.25, 0.3) is 5.52 Å². The summed E-state index contributed by atoms with van der Waals surface area (Å²) >= 11 is 0. The van der Waals surface area contributed by atoms with Crippen molar-refractivity contribution in [3.8, 4) is 0 Å². The molecular weight excluding hydrogens is 558 g/mol. The summed E-state index contributed by atoms with van der Waals surface area (Å²) in [6.07, 6.45) is 12.1. The Morgan fingerprint density at radius 1 is 0.756 bits per heavy atom. The fourth-order valence-corrected chi connectivity index (χ4v) is 5.89. The molecule has 0 aliphatic carbocycles. The van der Waals surface area contributed by atoms with Crippen molar-refractivity contribution < 1.29 is 14.3 Å². The molecule has 248 valence electrons. The Morgan fingerprint density at radius 2 is 1.40 bits per heavy atom.